The Morgan fingerprint density at radius 3 is 2.79 bits per heavy atom. The fraction of sp³-hybridized carbons (Fsp3) is 0.636. The van der Waals surface area contributed by atoms with Crippen molar-refractivity contribution in [2.75, 3.05) is 33.7 Å². The van der Waals surface area contributed by atoms with Gasteiger partial charge in [-0.15, -0.1) is 0 Å². The monoisotopic (exact) mass is 193 g/mol. The van der Waals surface area contributed by atoms with Crippen molar-refractivity contribution < 1.29 is 0 Å². The van der Waals surface area contributed by atoms with Crippen molar-refractivity contribution in [1.82, 2.24) is 14.8 Å². The Morgan fingerprint density at radius 1 is 1.36 bits per heavy atom. The summed E-state index contributed by atoms with van der Waals surface area (Å²) in [5.74, 6) is 0. The molecule has 0 amide bonds. The van der Waals surface area contributed by atoms with Gasteiger partial charge in [0.05, 0.1) is 5.54 Å². The maximum Gasteiger partial charge on any atom is 0.0709 e. The third-order valence-electron chi connectivity index (χ3n) is 3.42. The molecule has 2 rings (SSSR count). The van der Waals surface area contributed by atoms with E-state index in [0.717, 1.165) is 19.6 Å². The van der Waals surface area contributed by atoms with Gasteiger partial charge in [-0.2, -0.15) is 0 Å². The highest BCUT2D eigenvalue weighted by atomic mass is 15.3. The van der Waals surface area contributed by atoms with Gasteiger partial charge in [-0.1, -0.05) is 0 Å². The van der Waals surface area contributed by atoms with Crippen LogP contribution in [0.5, 0.6) is 0 Å². The molecule has 2 heterocycles. The zero-order chi connectivity index (χ0) is 10.2. The lowest BCUT2D eigenvalue weighted by Gasteiger charge is -2.45. The molecular weight excluding hydrogens is 174 g/mol. The third-order valence-corrected chi connectivity index (χ3v) is 3.42. The zero-order valence-electron chi connectivity index (χ0n) is 9.25. The van der Waals surface area contributed by atoms with E-state index >= 15 is 0 Å². The molecule has 1 aliphatic heterocycles. The van der Waals surface area contributed by atoms with E-state index in [1.54, 1.807) is 0 Å². The number of nitrogens with one attached hydrogen (secondary N) is 1. The molecule has 1 saturated heterocycles. The van der Waals surface area contributed by atoms with E-state index in [1.807, 2.05) is 6.20 Å². The van der Waals surface area contributed by atoms with Crippen molar-refractivity contribution in [1.29, 1.82) is 0 Å². The SMILES string of the molecule is CN1CCN(C)C(C)(c2ccc[nH]2)C1. The van der Waals surface area contributed by atoms with Gasteiger partial charge in [0, 0.05) is 31.5 Å². The second-order valence-electron chi connectivity index (χ2n) is 4.52. The molecule has 0 bridgehead atoms. The summed E-state index contributed by atoms with van der Waals surface area (Å²) in [6, 6.07) is 4.25. The Morgan fingerprint density at radius 2 is 2.14 bits per heavy atom. The van der Waals surface area contributed by atoms with Crippen LogP contribution in [0.25, 0.3) is 0 Å². The molecular formula is C11H19N3. The summed E-state index contributed by atoms with van der Waals surface area (Å²) in [7, 11) is 4.39. The first-order chi connectivity index (χ1) is 6.63. The van der Waals surface area contributed by atoms with E-state index in [0.29, 0.717) is 0 Å². The first-order valence-corrected chi connectivity index (χ1v) is 5.16. The van der Waals surface area contributed by atoms with Gasteiger partial charge in [0.1, 0.15) is 0 Å². The van der Waals surface area contributed by atoms with Crippen molar-refractivity contribution in [2.45, 2.75) is 12.5 Å². The lowest BCUT2D eigenvalue weighted by molar-refractivity contribution is 0.0352. The van der Waals surface area contributed by atoms with Crippen LogP contribution in [0.2, 0.25) is 0 Å². The normalized spacial score (nSPS) is 30.8. The molecule has 1 N–H and O–H groups in total. The molecule has 78 valence electrons. The molecule has 14 heavy (non-hydrogen) atoms. The molecule has 1 aliphatic rings. The third kappa shape index (κ3) is 1.47. The predicted molar refractivity (Wildman–Crippen MR) is 58.3 cm³/mol. The van der Waals surface area contributed by atoms with Crippen LogP contribution in [-0.2, 0) is 5.54 Å². The lowest BCUT2D eigenvalue weighted by Crippen LogP contribution is -2.56. The highest BCUT2D eigenvalue weighted by molar-refractivity contribution is 5.17. The van der Waals surface area contributed by atoms with E-state index in [9.17, 15) is 0 Å². The standard InChI is InChI=1S/C11H19N3/c1-11(10-5-4-6-12-10)9-13(2)7-8-14(11)3/h4-6,12H,7-9H2,1-3H3. The number of piperazine rings is 1. The topological polar surface area (TPSA) is 22.3 Å². The first-order valence-electron chi connectivity index (χ1n) is 5.16. The molecule has 0 saturated carbocycles. The average molecular weight is 193 g/mol. The van der Waals surface area contributed by atoms with Gasteiger partial charge in [-0.25, -0.2) is 0 Å². The number of hydrogen-bond donors (Lipinski definition) is 1. The van der Waals surface area contributed by atoms with Crippen LogP contribution in [0.1, 0.15) is 12.6 Å². The molecule has 0 radical (unpaired) electrons. The highest BCUT2D eigenvalue weighted by Crippen LogP contribution is 2.28. The number of nitrogens with zero attached hydrogens (tertiary/aromatic N) is 2. The Bertz CT molecular complexity index is 293. The summed E-state index contributed by atoms with van der Waals surface area (Å²) < 4.78 is 0. The van der Waals surface area contributed by atoms with E-state index in [2.05, 4.69) is 47.9 Å². The summed E-state index contributed by atoms with van der Waals surface area (Å²) >= 11 is 0. The number of aromatic amines is 1. The van der Waals surface area contributed by atoms with Crippen molar-refractivity contribution in [3.8, 4) is 0 Å². The number of aromatic nitrogens is 1. The Balaban J connectivity index is 2.28. The van der Waals surface area contributed by atoms with Crippen LogP contribution in [-0.4, -0.2) is 48.5 Å². The van der Waals surface area contributed by atoms with Crippen LogP contribution < -0.4 is 0 Å². The Hall–Kier alpha value is -0.800. The molecule has 1 aromatic rings. The van der Waals surface area contributed by atoms with Crippen LogP contribution in [0, 0.1) is 0 Å². The van der Waals surface area contributed by atoms with Gasteiger partial charge >= 0.3 is 0 Å². The summed E-state index contributed by atoms with van der Waals surface area (Å²) in [5, 5.41) is 0. The minimum Gasteiger partial charge on any atom is -0.363 e. The Labute approximate surface area is 85.7 Å². The maximum absolute atomic E-state index is 3.33. The van der Waals surface area contributed by atoms with Crippen molar-refractivity contribution >= 4 is 0 Å². The lowest BCUT2D eigenvalue weighted by atomic mass is 9.93. The summed E-state index contributed by atoms with van der Waals surface area (Å²) in [4.78, 5) is 8.15. The summed E-state index contributed by atoms with van der Waals surface area (Å²) in [6.45, 7) is 5.68. The van der Waals surface area contributed by atoms with Gasteiger partial charge in [0.15, 0.2) is 0 Å². The first kappa shape index (κ1) is 9.74. The zero-order valence-corrected chi connectivity index (χ0v) is 9.25. The molecule has 3 heteroatoms. The molecule has 1 fully saturated rings. The van der Waals surface area contributed by atoms with Gasteiger partial charge in [0.2, 0.25) is 0 Å². The molecule has 3 nitrogen and oxygen atoms in total. The fourth-order valence-electron chi connectivity index (χ4n) is 2.25. The summed E-state index contributed by atoms with van der Waals surface area (Å²) in [6.07, 6.45) is 2.00. The number of rotatable bonds is 1. The molecule has 0 spiro atoms. The molecule has 0 aliphatic carbocycles. The van der Waals surface area contributed by atoms with Crippen LogP contribution in [0.3, 0.4) is 0 Å². The van der Waals surface area contributed by atoms with Gasteiger partial charge in [-0.05, 0) is 33.2 Å². The second kappa shape index (κ2) is 3.41. The number of hydrogen-bond acceptors (Lipinski definition) is 2. The minimum absolute atomic E-state index is 0.135. The average Bonchev–Trinajstić information content (AvgIpc) is 2.65. The van der Waals surface area contributed by atoms with Gasteiger partial charge in [0.25, 0.3) is 0 Å². The molecule has 1 unspecified atom stereocenters. The van der Waals surface area contributed by atoms with Crippen molar-refractivity contribution in [2.24, 2.45) is 0 Å². The Kier molecular flexibility index (Phi) is 2.37. The van der Waals surface area contributed by atoms with Gasteiger partial charge in [-0.3, -0.25) is 4.90 Å². The van der Waals surface area contributed by atoms with Crippen molar-refractivity contribution in [3.63, 3.8) is 0 Å². The smallest absolute Gasteiger partial charge is 0.0709 e. The van der Waals surface area contributed by atoms with E-state index in [-0.39, 0.29) is 5.54 Å². The van der Waals surface area contributed by atoms with E-state index < -0.39 is 0 Å². The van der Waals surface area contributed by atoms with Crippen LogP contribution in [0.4, 0.5) is 0 Å². The van der Waals surface area contributed by atoms with Gasteiger partial charge < -0.3 is 9.88 Å². The number of H-pyrrole nitrogens is 1. The molecule has 1 aromatic heterocycles. The fourth-order valence-corrected chi connectivity index (χ4v) is 2.25. The molecule has 1 atom stereocenters. The predicted octanol–water partition coefficient (Wildman–Crippen LogP) is 1.11. The highest BCUT2D eigenvalue weighted by Gasteiger charge is 2.36. The second-order valence-corrected chi connectivity index (χ2v) is 4.52. The van der Waals surface area contributed by atoms with Crippen LogP contribution >= 0.6 is 0 Å². The molecule has 0 aromatic carbocycles. The van der Waals surface area contributed by atoms with E-state index in [4.69, 9.17) is 0 Å². The summed E-state index contributed by atoms with van der Waals surface area (Å²) in [5.41, 5.74) is 1.45. The number of likely N-dealkylation sites (N-methyl/N-ethyl adjacent to an activating group) is 2. The van der Waals surface area contributed by atoms with Crippen LogP contribution in [0.15, 0.2) is 18.3 Å². The minimum atomic E-state index is 0.135. The maximum atomic E-state index is 3.33. The van der Waals surface area contributed by atoms with E-state index in [1.165, 1.54) is 5.69 Å². The largest absolute Gasteiger partial charge is 0.363 e. The van der Waals surface area contributed by atoms with Crippen molar-refractivity contribution in [3.05, 3.63) is 24.0 Å². The quantitative estimate of drug-likeness (QED) is 0.721.